The summed E-state index contributed by atoms with van der Waals surface area (Å²) >= 11 is 0. The summed E-state index contributed by atoms with van der Waals surface area (Å²) < 4.78 is 1.70. The van der Waals surface area contributed by atoms with Crippen LogP contribution < -0.4 is 5.32 Å². The van der Waals surface area contributed by atoms with E-state index in [1.807, 2.05) is 37.3 Å². The molecule has 4 rings (SSSR count). The lowest BCUT2D eigenvalue weighted by molar-refractivity contribution is 0.0944. The van der Waals surface area contributed by atoms with Crippen LogP contribution in [-0.2, 0) is 0 Å². The second kappa shape index (κ2) is 8.69. The maximum Gasteiger partial charge on any atom is 0.273 e. The van der Waals surface area contributed by atoms with Gasteiger partial charge in [0, 0.05) is 24.7 Å². The lowest BCUT2D eigenvalue weighted by Gasteiger charge is -2.30. The highest BCUT2D eigenvalue weighted by Gasteiger charge is 2.18. The van der Waals surface area contributed by atoms with Gasteiger partial charge in [-0.15, -0.1) is 5.10 Å². The fourth-order valence-electron chi connectivity index (χ4n) is 4.06. The molecule has 0 spiro atoms. The zero-order valence-electron chi connectivity index (χ0n) is 17.1. The molecule has 3 aromatic rings. The molecule has 7 nitrogen and oxygen atoms in total. The number of aromatic nitrogens is 4. The van der Waals surface area contributed by atoms with E-state index >= 15 is 0 Å². The summed E-state index contributed by atoms with van der Waals surface area (Å²) in [6.07, 6.45) is 5.33. The van der Waals surface area contributed by atoms with Gasteiger partial charge in [-0.1, -0.05) is 18.2 Å². The predicted octanol–water partition coefficient (Wildman–Crippen LogP) is 2.98. The smallest absolute Gasteiger partial charge is 0.273 e. The first-order valence-electron chi connectivity index (χ1n) is 10.4. The number of amides is 1. The van der Waals surface area contributed by atoms with E-state index in [1.165, 1.54) is 25.9 Å². The van der Waals surface area contributed by atoms with Crippen molar-refractivity contribution in [3.8, 4) is 5.69 Å². The molecule has 1 saturated heterocycles. The minimum atomic E-state index is -0.164. The third-order valence-electron chi connectivity index (χ3n) is 5.62. The quantitative estimate of drug-likeness (QED) is 0.653. The Morgan fingerprint density at radius 1 is 1.31 bits per heavy atom. The number of nitrogens with one attached hydrogen (secondary N) is 1. The lowest BCUT2D eigenvalue weighted by atomic mass is 10.0. The van der Waals surface area contributed by atoms with Crippen LogP contribution in [0.15, 0.2) is 36.5 Å². The average Bonchev–Trinajstić information content (AvgIpc) is 3.12. The van der Waals surface area contributed by atoms with Gasteiger partial charge in [0.05, 0.1) is 16.9 Å². The number of carbonyl (C=O) groups excluding carboxylic acids is 1. The number of piperidine rings is 1. The van der Waals surface area contributed by atoms with Crippen molar-refractivity contribution in [3.63, 3.8) is 0 Å². The highest BCUT2D eigenvalue weighted by atomic mass is 16.2. The number of hydrogen-bond donors (Lipinski definition) is 1. The van der Waals surface area contributed by atoms with Gasteiger partial charge in [-0.25, -0.2) is 4.68 Å². The Hall–Kier alpha value is -2.80. The van der Waals surface area contributed by atoms with Gasteiger partial charge >= 0.3 is 0 Å². The first-order chi connectivity index (χ1) is 14.1. The molecule has 1 N–H and O–H groups in total. The van der Waals surface area contributed by atoms with E-state index in [4.69, 9.17) is 0 Å². The van der Waals surface area contributed by atoms with Gasteiger partial charge < -0.3 is 10.2 Å². The number of benzene rings is 1. The summed E-state index contributed by atoms with van der Waals surface area (Å²) in [7, 11) is 0. The standard InChI is InChI=1S/C22H28N6O/c1-16-6-4-12-27(15-16)13-5-11-24-22(29)21-17(2)28(26-25-21)19-8-9-20-18(14-19)7-3-10-23-20/h3,7-10,14,16H,4-6,11-13,15H2,1-2H3,(H,24,29). The van der Waals surface area contributed by atoms with Crippen LogP contribution in [-0.4, -0.2) is 57.0 Å². The van der Waals surface area contributed by atoms with Crippen molar-refractivity contribution in [2.75, 3.05) is 26.2 Å². The topological polar surface area (TPSA) is 75.9 Å². The molecular weight excluding hydrogens is 364 g/mol. The third-order valence-corrected chi connectivity index (χ3v) is 5.62. The molecule has 1 aliphatic rings. The Balaban J connectivity index is 1.36. The van der Waals surface area contributed by atoms with Crippen LogP contribution >= 0.6 is 0 Å². The molecule has 1 atom stereocenters. The maximum absolute atomic E-state index is 12.6. The zero-order chi connectivity index (χ0) is 20.2. The Labute approximate surface area is 171 Å². The van der Waals surface area contributed by atoms with E-state index in [2.05, 4.69) is 32.4 Å². The van der Waals surface area contributed by atoms with Crippen LogP contribution in [0.4, 0.5) is 0 Å². The largest absolute Gasteiger partial charge is 0.351 e. The summed E-state index contributed by atoms with van der Waals surface area (Å²) in [6, 6.07) is 9.81. The van der Waals surface area contributed by atoms with Crippen molar-refractivity contribution >= 4 is 16.8 Å². The highest BCUT2D eigenvalue weighted by molar-refractivity contribution is 5.93. The van der Waals surface area contributed by atoms with Gasteiger partial charge in [-0.05, 0) is 69.5 Å². The van der Waals surface area contributed by atoms with Gasteiger partial charge in [0.25, 0.3) is 5.91 Å². The minimum absolute atomic E-state index is 0.164. The molecule has 0 radical (unpaired) electrons. The van der Waals surface area contributed by atoms with Crippen LogP contribution in [0.5, 0.6) is 0 Å². The second-order valence-corrected chi connectivity index (χ2v) is 7.97. The second-order valence-electron chi connectivity index (χ2n) is 7.97. The molecule has 1 aromatic carbocycles. The van der Waals surface area contributed by atoms with Crippen LogP contribution in [0.1, 0.15) is 42.4 Å². The fraction of sp³-hybridized carbons (Fsp3) is 0.455. The zero-order valence-corrected chi connectivity index (χ0v) is 17.1. The molecule has 1 aliphatic heterocycles. The molecule has 0 bridgehead atoms. The van der Waals surface area contributed by atoms with Crippen molar-refractivity contribution in [1.82, 2.24) is 30.2 Å². The van der Waals surface area contributed by atoms with Crippen LogP contribution in [0, 0.1) is 12.8 Å². The van der Waals surface area contributed by atoms with E-state index in [9.17, 15) is 4.79 Å². The fourth-order valence-corrected chi connectivity index (χ4v) is 4.06. The van der Waals surface area contributed by atoms with Crippen molar-refractivity contribution < 1.29 is 4.79 Å². The van der Waals surface area contributed by atoms with E-state index in [0.29, 0.717) is 12.2 Å². The minimum Gasteiger partial charge on any atom is -0.351 e. The van der Waals surface area contributed by atoms with Crippen molar-refractivity contribution in [2.45, 2.75) is 33.1 Å². The molecule has 1 fully saturated rings. The first-order valence-corrected chi connectivity index (χ1v) is 10.4. The molecule has 7 heteroatoms. The Bertz CT molecular complexity index is 998. The first kappa shape index (κ1) is 19.5. The molecule has 152 valence electrons. The van der Waals surface area contributed by atoms with Crippen molar-refractivity contribution in [3.05, 3.63) is 47.9 Å². The number of nitrogens with zero attached hydrogens (tertiary/aromatic N) is 5. The molecule has 1 unspecified atom stereocenters. The third kappa shape index (κ3) is 4.45. The summed E-state index contributed by atoms with van der Waals surface area (Å²) in [4.78, 5) is 19.4. The Kier molecular flexibility index (Phi) is 5.85. The van der Waals surface area contributed by atoms with Gasteiger partial charge in [0.1, 0.15) is 0 Å². The van der Waals surface area contributed by atoms with E-state index in [0.717, 1.165) is 41.2 Å². The molecule has 0 saturated carbocycles. The average molecular weight is 393 g/mol. The summed E-state index contributed by atoms with van der Waals surface area (Å²) in [5.74, 6) is 0.616. The lowest BCUT2D eigenvalue weighted by Crippen LogP contribution is -2.36. The van der Waals surface area contributed by atoms with Gasteiger partial charge in [0.15, 0.2) is 5.69 Å². The van der Waals surface area contributed by atoms with Crippen molar-refractivity contribution in [1.29, 1.82) is 0 Å². The molecule has 29 heavy (non-hydrogen) atoms. The van der Waals surface area contributed by atoms with E-state index < -0.39 is 0 Å². The molecule has 0 aliphatic carbocycles. The highest BCUT2D eigenvalue weighted by Crippen LogP contribution is 2.18. The van der Waals surface area contributed by atoms with Gasteiger partial charge in [-0.2, -0.15) is 0 Å². The number of hydrogen-bond acceptors (Lipinski definition) is 5. The van der Waals surface area contributed by atoms with Gasteiger partial charge in [0.2, 0.25) is 0 Å². The summed E-state index contributed by atoms with van der Waals surface area (Å²) in [5.41, 5.74) is 2.90. The molecule has 1 amide bonds. The van der Waals surface area contributed by atoms with Crippen LogP contribution in [0.3, 0.4) is 0 Å². The number of pyridine rings is 1. The predicted molar refractivity (Wildman–Crippen MR) is 113 cm³/mol. The van der Waals surface area contributed by atoms with E-state index in [-0.39, 0.29) is 5.91 Å². The van der Waals surface area contributed by atoms with Crippen LogP contribution in [0.25, 0.3) is 16.6 Å². The van der Waals surface area contributed by atoms with Crippen molar-refractivity contribution in [2.24, 2.45) is 5.92 Å². The maximum atomic E-state index is 12.6. The number of carbonyl (C=O) groups is 1. The number of rotatable bonds is 6. The molecule has 3 heterocycles. The summed E-state index contributed by atoms with van der Waals surface area (Å²) in [5, 5.41) is 12.3. The summed E-state index contributed by atoms with van der Waals surface area (Å²) in [6.45, 7) is 8.21. The molecule has 2 aromatic heterocycles. The number of fused-ring (bicyclic) bond motifs is 1. The number of likely N-dealkylation sites (tertiary alicyclic amines) is 1. The van der Waals surface area contributed by atoms with Gasteiger partial charge in [-0.3, -0.25) is 9.78 Å². The van der Waals surface area contributed by atoms with Crippen LogP contribution in [0.2, 0.25) is 0 Å². The van der Waals surface area contributed by atoms with E-state index in [1.54, 1.807) is 10.9 Å². The normalized spacial score (nSPS) is 17.5. The SMILES string of the molecule is Cc1c(C(=O)NCCCN2CCCC(C)C2)nnn1-c1ccc2ncccc2c1. The monoisotopic (exact) mass is 392 g/mol. The molecular formula is C22H28N6O. The Morgan fingerprint density at radius 3 is 3.07 bits per heavy atom. The Morgan fingerprint density at radius 2 is 2.21 bits per heavy atom.